The maximum Gasteiger partial charge on any atom is 0.302 e. The number of carbonyl (C=O) groups is 7. The van der Waals surface area contributed by atoms with Crippen LogP contribution >= 0.6 is 0 Å². The molecular weight excluding hydrogens is 654 g/mol. The minimum Gasteiger partial charge on any atom is -0.460 e. The lowest BCUT2D eigenvalue weighted by atomic mass is 9.91. The highest BCUT2D eigenvalue weighted by atomic mass is 16.5. The Hall–Kier alpha value is -3.77. The van der Waals surface area contributed by atoms with Crippen LogP contribution in [0.15, 0.2) is 12.2 Å². The lowest BCUT2D eigenvalue weighted by Crippen LogP contribution is -2.62. The zero-order chi connectivity index (χ0) is 38.7. The van der Waals surface area contributed by atoms with Crippen molar-refractivity contribution in [1.82, 2.24) is 25.3 Å². The first kappa shape index (κ1) is 43.4. The van der Waals surface area contributed by atoms with Crippen molar-refractivity contribution in [2.24, 2.45) is 23.7 Å². The highest BCUT2D eigenvalue weighted by Gasteiger charge is 2.44. The number of rotatable bonds is 18. The first-order chi connectivity index (χ1) is 23.8. The Morgan fingerprint density at radius 3 is 2.12 bits per heavy atom. The van der Waals surface area contributed by atoms with Crippen LogP contribution in [-0.4, -0.2) is 106 Å². The topological polar surface area (TPSA) is 162 Å². The molecule has 1 saturated heterocycles. The standard InChI is InChI=1S/C38H63N5O8/c1-12-13-15-24(6)21-25(7)36(48)41(11)30(20-22(2)3)34(46)40-33(27(9)51-28(10)44)35(47)39-32(23(4)5)38(50)42-19-14-16-29(42)37(49)43-26(8)17-18-31(43)45/h17-18,22-27,29-30,32-33H,12-16,19-21H2,1-11H3,(H,39,47)(H,40,46). The number of hydrogen-bond donors (Lipinski definition) is 2. The maximum absolute atomic E-state index is 14.0. The zero-order valence-electron chi connectivity index (χ0n) is 32.7. The number of unbranched alkanes of at least 4 members (excludes halogenated alkanes) is 1. The van der Waals surface area contributed by atoms with Gasteiger partial charge in [0.05, 0.1) is 6.04 Å². The molecule has 13 heteroatoms. The van der Waals surface area contributed by atoms with E-state index < -0.39 is 77.7 Å². The minimum atomic E-state index is -1.40. The van der Waals surface area contributed by atoms with Crippen molar-refractivity contribution >= 4 is 41.4 Å². The molecule has 0 spiro atoms. The summed E-state index contributed by atoms with van der Waals surface area (Å²) in [7, 11) is 1.60. The Balaban J connectivity index is 2.32. The highest BCUT2D eigenvalue weighted by Crippen LogP contribution is 2.25. The number of nitrogens with one attached hydrogen (secondary N) is 2. The van der Waals surface area contributed by atoms with Crippen LogP contribution in [-0.2, 0) is 38.3 Å². The van der Waals surface area contributed by atoms with Crippen LogP contribution < -0.4 is 10.6 Å². The summed E-state index contributed by atoms with van der Waals surface area (Å²) in [6.45, 7) is 18.2. The van der Waals surface area contributed by atoms with Crippen LogP contribution in [0, 0.1) is 23.7 Å². The van der Waals surface area contributed by atoms with Crippen molar-refractivity contribution in [2.75, 3.05) is 13.6 Å². The van der Waals surface area contributed by atoms with E-state index in [2.05, 4.69) is 24.5 Å². The molecule has 8 unspecified atom stereocenters. The second-order valence-corrected chi connectivity index (χ2v) is 15.3. The summed E-state index contributed by atoms with van der Waals surface area (Å²) in [4.78, 5) is 97.5. The maximum atomic E-state index is 14.0. The van der Waals surface area contributed by atoms with E-state index in [9.17, 15) is 33.6 Å². The zero-order valence-corrected chi connectivity index (χ0v) is 32.7. The third kappa shape index (κ3) is 11.9. The number of nitrogens with zero attached hydrogens (tertiary/aromatic N) is 3. The molecule has 0 aromatic rings. The molecule has 288 valence electrons. The molecule has 0 saturated carbocycles. The second-order valence-electron chi connectivity index (χ2n) is 15.3. The van der Waals surface area contributed by atoms with Crippen molar-refractivity contribution in [3.05, 3.63) is 12.2 Å². The Labute approximate surface area is 304 Å². The lowest BCUT2D eigenvalue weighted by molar-refractivity contribution is -0.152. The average Bonchev–Trinajstić information content (AvgIpc) is 3.68. The quantitative estimate of drug-likeness (QED) is 0.161. The minimum absolute atomic E-state index is 0.0293. The van der Waals surface area contributed by atoms with Gasteiger partial charge >= 0.3 is 5.97 Å². The van der Waals surface area contributed by atoms with E-state index in [-0.39, 0.29) is 24.3 Å². The molecule has 0 bridgehead atoms. The van der Waals surface area contributed by atoms with Crippen molar-refractivity contribution in [3.63, 3.8) is 0 Å². The van der Waals surface area contributed by atoms with E-state index in [1.165, 1.54) is 29.7 Å². The van der Waals surface area contributed by atoms with Gasteiger partial charge in [0.1, 0.15) is 30.3 Å². The molecule has 2 aliphatic rings. The molecule has 0 aromatic carbocycles. The fourth-order valence-corrected chi connectivity index (χ4v) is 7.02. The first-order valence-electron chi connectivity index (χ1n) is 18.7. The van der Waals surface area contributed by atoms with Crippen LogP contribution in [0.4, 0.5) is 0 Å². The largest absolute Gasteiger partial charge is 0.460 e. The van der Waals surface area contributed by atoms with E-state index in [4.69, 9.17) is 4.74 Å². The normalized spacial score (nSPS) is 20.8. The van der Waals surface area contributed by atoms with Crippen molar-refractivity contribution < 1.29 is 38.3 Å². The van der Waals surface area contributed by atoms with Crippen molar-refractivity contribution in [3.8, 4) is 0 Å². The third-order valence-corrected chi connectivity index (χ3v) is 9.89. The number of carbonyl (C=O) groups excluding carboxylic acids is 7. The van der Waals surface area contributed by atoms with E-state index in [0.29, 0.717) is 31.6 Å². The molecule has 6 amide bonds. The third-order valence-electron chi connectivity index (χ3n) is 9.89. The molecule has 2 N–H and O–H groups in total. The molecule has 51 heavy (non-hydrogen) atoms. The molecule has 0 aromatic heterocycles. The van der Waals surface area contributed by atoms with E-state index in [1.54, 1.807) is 33.9 Å². The molecule has 1 fully saturated rings. The predicted molar refractivity (Wildman–Crippen MR) is 194 cm³/mol. The van der Waals surface area contributed by atoms with Gasteiger partial charge in [-0.05, 0) is 57.3 Å². The van der Waals surface area contributed by atoms with Gasteiger partial charge in [0.25, 0.3) is 11.8 Å². The Morgan fingerprint density at radius 1 is 0.961 bits per heavy atom. The summed E-state index contributed by atoms with van der Waals surface area (Å²) in [6, 6.07) is -4.69. The monoisotopic (exact) mass is 717 g/mol. The first-order valence-corrected chi connectivity index (χ1v) is 18.7. The summed E-state index contributed by atoms with van der Waals surface area (Å²) >= 11 is 0. The fraction of sp³-hybridized carbons (Fsp3) is 0.763. The lowest BCUT2D eigenvalue weighted by Gasteiger charge is -2.35. The molecule has 8 atom stereocenters. The van der Waals surface area contributed by atoms with Crippen LogP contribution in [0.3, 0.4) is 0 Å². The number of likely N-dealkylation sites (N-methyl/N-ethyl adjacent to an activating group) is 1. The fourth-order valence-electron chi connectivity index (χ4n) is 7.02. The van der Waals surface area contributed by atoms with Crippen LogP contribution in [0.25, 0.3) is 0 Å². The molecule has 0 aliphatic carbocycles. The summed E-state index contributed by atoms with van der Waals surface area (Å²) in [6.07, 6.45) is 6.96. The number of ether oxygens (including phenoxy) is 1. The predicted octanol–water partition coefficient (Wildman–Crippen LogP) is 3.59. The number of imide groups is 1. The summed E-state index contributed by atoms with van der Waals surface area (Å²) in [5.41, 5.74) is 0. The molecule has 2 heterocycles. The van der Waals surface area contributed by atoms with Gasteiger partial charge in [-0.1, -0.05) is 73.8 Å². The van der Waals surface area contributed by atoms with Gasteiger partial charge in [-0.15, -0.1) is 0 Å². The van der Waals surface area contributed by atoms with Crippen molar-refractivity contribution in [1.29, 1.82) is 0 Å². The summed E-state index contributed by atoms with van der Waals surface area (Å²) in [5.74, 6) is -3.93. The Morgan fingerprint density at radius 2 is 1.59 bits per heavy atom. The Bertz CT molecular complexity index is 1300. The number of esters is 1. The van der Waals surface area contributed by atoms with E-state index >= 15 is 0 Å². The highest BCUT2D eigenvalue weighted by molar-refractivity contribution is 6.06. The van der Waals surface area contributed by atoms with Gasteiger partial charge in [0.15, 0.2) is 0 Å². The van der Waals surface area contributed by atoms with E-state index in [0.717, 1.165) is 24.2 Å². The molecule has 2 rings (SSSR count). The van der Waals surface area contributed by atoms with E-state index in [1.807, 2.05) is 20.8 Å². The van der Waals surface area contributed by atoms with Gasteiger partial charge < -0.3 is 25.2 Å². The molecule has 2 aliphatic heterocycles. The second kappa shape index (κ2) is 19.7. The van der Waals surface area contributed by atoms with Crippen molar-refractivity contribution in [2.45, 2.75) is 150 Å². The summed E-state index contributed by atoms with van der Waals surface area (Å²) < 4.78 is 5.37. The SMILES string of the molecule is CCCCC(C)CC(C)C(=O)N(C)C(CC(C)C)C(=O)NC(C(=O)NC(C(=O)N1CCCC1C(=O)N1C(=O)C=CC1C)C(C)C)C(C)OC(C)=O. The molecular formula is C38H63N5O8. The number of amides is 6. The van der Waals surface area contributed by atoms with Gasteiger partial charge in [0, 0.05) is 32.5 Å². The van der Waals surface area contributed by atoms with Gasteiger partial charge in [0.2, 0.25) is 23.6 Å². The van der Waals surface area contributed by atoms with Gasteiger partial charge in [-0.3, -0.25) is 38.5 Å². The smallest absolute Gasteiger partial charge is 0.302 e. The number of hydrogen-bond acceptors (Lipinski definition) is 8. The van der Waals surface area contributed by atoms with Gasteiger partial charge in [-0.2, -0.15) is 0 Å². The molecule has 13 nitrogen and oxygen atoms in total. The summed E-state index contributed by atoms with van der Waals surface area (Å²) in [5, 5.41) is 5.51. The van der Waals surface area contributed by atoms with Crippen LogP contribution in [0.1, 0.15) is 114 Å². The van der Waals surface area contributed by atoms with Crippen LogP contribution in [0.5, 0.6) is 0 Å². The Kier molecular flexibility index (Phi) is 16.8. The van der Waals surface area contributed by atoms with Gasteiger partial charge in [-0.25, -0.2) is 0 Å². The van der Waals surface area contributed by atoms with Crippen LogP contribution in [0.2, 0.25) is 0 Å². The average molecular weight is 718 g/mol. The number of likely N-dealkylation sites (tertiary alicyclic amines) is 1. The molecule has 0 radical (unpaired) electrons.